The lowest BCUT2D eigenvalue weighted by molar-refractivity contribution is 0.335. The highest BCUT2D eigenvalue weighted by Crippen LogP contribution is 2.50. The zero-order valence-corrected chi connectivity index (χ0v) is 20.1. The van der Waals surface area contributed by atoms with Gasteiger partial charge >= 0.3 is 0 Å². The maximum atomic E-state index is 13.7. The molecule has 1 fully saturated rings. The Bertz CT molecular complexity index is 1000. The van der Waals surface area contributed by atoms with Crippen molar-refractivity contribution in [3.05, 3.63) is 59.9 Å². The first-order valence-electron chi connectivity index (χ1n) is 10.9. The van der Waals surface area contributed by atoms with Gasteiger partial charge in [0.25, 0.3) is 0 Å². The van der Waals surface area contributed by atoms with Gasteiger partial charge in [-0.25, -0.2) is 4.39 Å². The molecule has 2 atom stereocenters. The minimum Gasteiger partial charge on any atom is -0.494 e. The quantitative estimate of drug-likeness (QED) is 0.300. The second-order valence-electron chi connectivity index (χ2n) is 7.85. The van der Waals surface area contributed by atoms with Crippen molar-refractivity contribution in [2.75, 3.05) is 25.4 Å². The summed E-state index contributed by atoms with van der Waals surface area (Å²) in [5.74, 6) is 3.47. The Balaban J connectivity index is 0.00000289. The number of nitrogens with zero attached hydrogens (tertiary/aromatic N) is 3. The summed E-state index contributed by atoms with van der Waals surface area (Å²) in [7, 11) is 2.01. The first-order chi connectivity index (χ1) is 15.2. The van der Waals surface area contributed by atoms with E-state index in [1.165, 1.54) is 6.07 Å². The lowest BCUT2D eigenvalue weighted by Crippen LogP contribution is -2.19. The van der Waals surface area contributed by atoms with E-state index >= 15 is 0 Å². The second-order valence-corrected chi connectivity index (χ2v) is 8.92. The standard InChI is InChI=1S/C24H29FN4OS.ClH/c1-3-30-22-11-10-19(25)15-21(22)20-14-18(20)16-26-12-7-13-31-24-28-27-23(29(24)2)17-8-5-4-6-9-17;/h4-6,8-11,15,18,20,26H,3,7,12-14,16H2,1-2H3;1H. The van der Waals surface area contributed by atoms with E-state index in [1.807, 2.05) is 32.2 Å². The molecule has 3 aromatic rings. The molecule has 0 amide bonds. The summed E-state index contributed by atoms with van der Waals surface area (Å²) in [6.07, 6.45) is 2.15. The fraction of sp³-hybridized carbons (Fsp3) is 0.417. The van der Waals surface area contributed by atoms with E-state index in [4.69, 9.17) is 4.74 Å². The Hall–Kier alpha value is -2.09. The smallest absolute Gasteiger partial charge is 0.191 e. The Morgan fingerprint density at radius 2 is 2.00 bits per heavy atom. The van der Waals surface area contributed by atoms with Crippen molar-refractivity contribution in [3.8, 4) is 17.1 Å². The van der Waals surface area contributed by atoms with Gasteiger partial charge < -0.3 is 14.6 Å². The van der Waals surface area contributed by atoms with Crippen LogP contribution in [0.4, 0.5) is 4.39 Å². The van der Waals surface area contributed by atoms with E-state index in [0.29, 0.717) is 18.4 Å². The van der Waals surface area contributed by atoms with Crippen LogP contribution in [0, 0.1) is 11.7 Å². The van der Waals surface area contributed by atoms with Crippen LogP contribution in [-0.2, 0) is 7.05 Å². The highest BCUT2D eigenvalue weighted by Gasteiger charge is 2.39. The average Bonchev–Trinajstić information content (AvgIpc) is 3.46. The molecule has 1 aromatic heterocycles. The second kappa shape index (κ2) is 11.7. The summed E-state index contributed by atoms with van der Waals surface area (Å²) < 4.78 is 21.4. The Morgan fingerprint density at radius 3 is 2.78 bits per heavy atom. The summed E-state index contributed by atoms with van der Waals surface area (Å²) in [5, 5.41) is 13.2. The number of hydrogen-bond donors (Lipinski definition) is 1. The Kier molecular flexibility index (Phi) is 8.96. The molecule has 1 N–H and O–H groups in total. The van der Waals surface area contributed by atoms with Gasteiger partial charge in [0, 0.05) is 23.9 Å². The SMILES string of the molecule is CCOc1ccc(F)cc1C1CC1CNCCCSc1nnc(-c2ccccc2)n1C.Cl. The van der Waals surface area contributed by atoms with E-state index in [9.17, 15) is 4.39 Å². The van der Waals surface area contributed by atoms with Gasteiger partial charge in [-0.05, 0) is 62.9 Å². The zero-order chi connectivity index (χ0) is 21.6. The van der Waals surface area contributed by atoms with E-state index < -0.39 is 0 Å². The molecule has 1 aliphatic rings. The van der Waals surface area contributed by atoms with E-state index in [1.54, 1.807) is 23.9 Å². The first kappa shape index (κ1) is 24.6. The summed E-state index contributed by atoms with van der Waals surface area (Å²) in [5.41, 5.74) is 2.09. The van der Waals surface area contributed by atoms with Crippen LogP contribution in [0.5, 0.6) is 5.75 Å². The average molecular weight is 477 g/mol. The molecule has 0 bridgehead atoms. The Morgan fingerprint density at radius 1 is 1.19 bits per heavy atom. The third-order valence-electron chi connectivity index (χ3n) is 5.60. The minimum atomic E-state index is -0.187. The van der Waals surface area contributed by atoms with Crippen LogP contribution in [0.25, 0.3) is 11.4 Å². The van der Waals surface area contributed by atoms with Crippen LogP contribution in [-0.4, -0.2) is 40.2 Å². The van der Waals surface area contributed by atoms with Crippen LogP contribution in [0.2, 0.25) is 0 Å². The third-order valence-corrected chi connectivity index (χ3v) is 6.70. The summed E-state index contributed by atoms with van der Waals surface area (Å²) >= 11 is 1.73. The van der Waals surface area contributed by atoms with Crippen molar-refractivity contribution in [2.45, 2.75) is 30.8 Å². The molecule has 32 heavy (non-hydrogen) atoms. The van der Waals surface area contributed by atoms with Gasteiger partial charge in [0.2, 0.25) is 0 Å². The van der Waals surface area contributed by atoms with Crippen molar-refractivity contribution >= 4 is 24.2 Å². The van der Waals surface area contributed by atoms with E-state index in [0.717, 1.165) is 59.5 Å². The van der Waals surface area contributed by atoms with E-state index in [-0.39, 0.29) is 18.2 Å². The highest BCUT2D eigenvalue weighted by atomic mass is 35.5. The zero-order valence-electron chi connectivity index (χ0n) is 18.5. The fourth-order valence-corrected chi connectivity index (χ4v) is 4.73. The van der Waals surface area contributed by atoms with Crippen LogP contribution < -0.4 is 10.1 Å². The molecule has 1 aliphatic carbocycles. The van der Waals surface area contributed by atoms with Crippen LogP contribution >= 0.6 is 24.2 Å². The van der Waals surface area contributed by atoms with Crippen molar-refractivity contribution < 1.29 is 9.13 Å². The fourth-order valence-electron chi connectivity index (χ4n) is 3.88. The van der Waals surface area contributed by atoms with Gasteiger partial charge in [0.05, 0.1) is 6.61 Å². The van der Waals surface area contributed by atoms with Gasteiger partial charge in [-0.15, -0.1) is 22.6 Å². The number of rotatable bonds is 11. The summed E-state index contributed by atoms with van der Waals surface area (Å²) in [6, 6.07) is 15.0. The van der Waals surface area contributed by atoms with Gasteiger partial charge in [-0.3, -0.25) is 0 Å². The maximum Gasteiger partial charge on any atom is 0.191 e. The third kappa shape index (κ3) is 6.03. The normalized spacial score (nSPS) is 17.1. The van der Waals surface area contributed by atoms with Crippen LogP contribution in [0.15, 0.2) is 53.7 Å². The molecule has 0 spiro atoms. The minimum absolute atomic E-state index is 0. The number of hydrogen-bond acceptors (Lipinski definition) is 5. The molecule has 2 aromatic carbocycles. The molecule has 2 unspecified atom stereocenters. The number of aromatic nitrogens is 3. The molecule has 172 valence electrons. The highest BCUT2D eigenvalue weighted by molar-refractivity contribution is 7.99. The predicted octanol–water partition coefficient (Wildman–Crippen LogP) is 5.32. The van der Waals surface area contributed by atoms with Crippen LogP contribution in [0.1, 0.15) is 31.2 Å². The van der Waals surface area contributed by atoms with Crippen molar-refractivity contribution in [1.29, 1.82) is 0 Å². The molecule has 8 heteroatoms. The number of ether oxygens (including phenoxy) is 1. The van der Waals surface area contributed by atoms with Crippen molar-refractivity contribution in [1.82, 2.24) is 20.1 Å². The molecule has 0 aliphatic heterocycles. The van der Waals surface area contributed by atoms with Gasteiger partial charge in [0.1, 0.15) is 11.6 Å². The molecule has 1 heterocycles. The molecule has 5 nitrogen and oxygen atoms in total. The van der Waals surface area contributed by atoms with Gasteiger partial charge in [-0.1, -0.05) is 42.1 Å². The van der Waals surface area contributed by atoms with Crippen LogP contribution in [0.3, 0.4) is 0 Å². The monoisotopic (exact) mass is 476 g/mol. The molecule has 0 saturated heterocycles. The van der Waals surface area contributed by atoms with Crippen molar-refractivity contribution in [2.24, 2.45) is 13.0 Å². The topological polar surface area (TPSA) is 52.0 Å². The van der Waals surface area contributed by atoms with E-state index in [2.05, 4.69) is 32.2 Å². The number of thioether (sulfide) groups is 1. The molecule has 4 rings (SSSR count). The predicted molar refractivity (Wildman–Crippen MR) is 130 cm³/mol. The molecule has 0 radical (unpaired) electrons. The molecular weight excluding hydrogens is 447 g/mol. The first-order valence-corrected chi connectivity index (χ1v) is 11.9. The molecular formula is C24H30ClFN4OS. The Labute approximate surface area is 199 Å². The largest absolute Gasteiger partial charge is 0.494 e. The maximum absolute atomic E-state index is 13.7. The van der Waals surface area contributed by atoms with Gasteiger partial charge in [0.15, 0.2) is 11.0 Å². The lowest BCUT2D eigenvalue weighted by atomic mass is 10.1. The number of halogens is 2. The number of benzene rings is 2. The number of nitrogens with one attached hydrogen (secondary N) is 1. The lowest BCUT2D eigenvalue weighted by Gasteiger charge is -2.10. The summed E-state index contributed by atoms with van der Waals surface area (Å²) in [6.45, 7) is 4.48. The van der Waals surface area contributed by atoms with Gasteiger partial charge in [-0.2, -0.15) is 0 Å². The molecule has 1 saturated carbocycles. The summed E-state index contributed by atoms with van der Waals surface area (Å²) in [4.78, 5) is 0. The van der Waals surface area contributed by atoms with Crippen molar-refractivity contribution in [3.63, 3.8) is 0 Å².